The summed E-state index contributed by atoms with van der Waals surface area (Å²) in [5, 5.41) is 7.70. The van der Waals surface area contributed by atoms with Crippen LogP contribution in [0.1, 0.15) is 25.0 Å². The van der Waals surface area contributed by atoms with E-state index in [1.807, 2.05) is 0 Å². The standard InChI is InChI=1S/C51H37N/c1-51(2)46-19-10-8-18-44(46)50-47(51)20-12-22-49(50)52(48-21-11-9-17-41(48)35-13-4-3-5-14-35)39-29-25-34(26-30-39)38-24-23-37-28-31-42-40-16-7-6-15-36(40)27-32-43(42)45(37)33-38/h3-33H,1-2H3. The highest BCUT2D eigenvalue weighted by atomic mass is 15.1. The summed E-state index contributed by atoms with van der Waals surface area (Å²) in [4.78, 5) is 2.47. The minimum Gasteiger partial charge on any atom is -0.309 e. The highest BCUT2D eigenvalue weighted by molar-refractivity contribution is 6.17. The van der Waals surface area contributed by atoms with Crippen LogP contribution in [0.5, 0.6) is 0 Å². The first-order valence-electron chi connectivity index (χ1n) is 18.2. The Bertz CT molecular complexity index is 2810. The fraction of sp³-hybridized carbons (Fsp3) is 0.0588. The first kappa shape index (κ1) is 30.4. The predicted molar refractivity (Wildman–Crippen MR) is 222 cm³/mol. The molecule has 0 radical (unpaired) electrons. The third-order valence-corrected chi connectivity index (χ3v) is 11.3. The average Bonchev–Trinajstić information content (AvgIpc) is 3.45. The van der Waals surface area contributed by atoms with E-state index in [2.05, 4.69) is 207 Å². The second-order valence-corrected chi connectivity index (χ2v) is 14.5. The number of para-hydroxylation sites is 1. The van der Waals surface area contributed by atoms with Gasteiger partial charge in [0, 0.05) is 22.2 Å². The lowest BCUT2D eigenvalue weighted by Gasteiger charge is -2.30. The number of anilines is 3. The van der Waals surface area contributed by atoms with Gasteiger partial charge in [-0.1, -0.05) is 172 Å². The zero-order chi connectivity index (χ0) is 34.8. The van der Waals surface area contributed by atoms with Crippen LogP contribution in [0.3, 0.4) is 0 Å². The molecule has 0 unspecified atom stereocenters. The van der Waals surface area contributed by atoms with Gasteiger partial charge in [-0.3, -0.25) is 0 Å². The minimum atomic E-state index is -0.0943. The number of hydrogen-bond acceptors (Lipinski definition) is 1. The molecule has 52 heavy (non-hydrogen) atoms. The van der Waals surface area contributed by atoms with Crippen molar-refractivity contribution < 1.29 is 0 Å². The molecule has 1 aliphatic rings. The molecule has 0 saturated heterocycles. The van der Waals surface area contributed by atoms with Crippen molar-refractivity contribution >= 4 is 49.4 Å². The Morgan fingerprint density at radius 2 is 0.962 bits per heavy atom. The van der Waals surface area contributed by atoms with Crippen LogP contribution in [-0.2, 0) is 5.41 Å². The first-order chi connectivity index (χ1) is 25.6. The van der Waals surface area contributed by atoms with E-state index >= 15 is 0 Å². The van der Waals surface area contributed by atoms with Crippen molar-refractivity contribution in [2.75, 3.05) is 4.90 Å². The Hall–Kier alpha value is -6.44. The van der Waals surface area contributed by atoms with Crippen LogP contribution >= 0.6 is 0 Å². The van der Waals surface area contributed by atoms with Gasteiger partial charge in [-0.15, -0.1) is 0 Å². The third kappa shape index (κ3) is 4.70. The molecule has 0 bridgehead atoms. The highest BCUT2D eigenvalue weighted by Gasteiger charge is 2.37. The van der Waals surface area contributed by atoms with E-state index in [-0.39, 0.29) is 5.41 Å². The molecule has 0 atom stereocenters. The molecule has 0 heterocycles. The summed E-state index contributed by atoms with van der Waals surface area (Å²) >= 11 is 0. The number of rotatable bonds is 5. The summed E-state index contributed by atoms with van der Waals surface area (Å²) in [7, 11) is 0. The van der Waals surface area contributed by atoms with Gasteiger partial charge in [0.1, 0.15) is 0 Å². The molecule has 0 fully saturated rings. The maximum absolute atomic E-state index is 2.47. The van der Waals surface area contributed by atoms with Gasteiger partial charge in [0.25, 0.3) is 0 Å². The molecule has 10 rings (SSSR count). The Morgan fingerprint density at radius 3 is 1.79 bits per heavy atom. The zero-order valence-corrected chi connectivity index (χ0v) is 29.3. The fourth-order valence-electron chi connectivity index (χ4n) is 8.66. The van der Waals surface area contributed by atoms with E-state index in [0.717, 1.165) is 11.4 Å². The van der Waals surface area contributed by atoms with Crippen molar-refractivity contribution in [3.63, 3.8) is 0 Å². The van der Waals surface area contributed by atoms with Gasteiger partial charge in [0.05, 0.1) is 11.4 Å². The van der Waals surface area contributed by atoms with Crippen molar-refractivity contribution in [2.24, 2.45) is 0 Å². The molecular weight excluding hydrogens is 627 g/mol. The van der Waals surface area contributed by atoms with Crippen LogP contribution in [-0.4, -0.2) is 0 Å². The molecule has 0 amide bonds. The van der Waals surface area contributed by atoms with Gasteiger partial charge in [0.2, 0.25) is 0 Å². The van der Waals surface area contributed by atoms with E-state index in [4.69, 9.17) is 0 Å². The maximum Gasteiger partial charge on any atom is 0.0543 e. The SMILES string of the molecule is CC1(C)c2ccccc2-c2c(N(c3ccc(-c4ccc5ccc6c7ccccc7ccc6c5c4)cc3)c3ccccc3-c3ccccc3)cccc21. The number of nitrogens with zero attached hydrogens (tertiary/aromatic N) is 1. The molecule has 9 aromatic rings. The summed E-state index contributed by atoms with van der Waals surface area (Å²) in [6.07, 6.45) is 0. The molecule has 0 aliphatic heterocycles. The summed E-state index contributed by atoms with van der Waals surface area (Å²) in [6, 6.07) is 69.2. The van der Waals surface area contributed by atoms with Crippen molar-refractivity contribution in [3.8, 4) is 33.4 Å². The lowest BCUT2D eigenvalue weighted by molar-refractivity contribution is 0.660. The highest BCUT2D eigenvalue weighted by Crippen LogP contribution is 2.55. The van der Waals surface area contributed by atoms with E-state index < -0.39 is 0 Å². The lowest BCUT2D eigenvalue weighted by atomic mass is 9.82. The van der Waals surface area contributed by atoms with Gasteiger partial charge < -0.3 is 4.90 Å². The van der Waals surface area contributed by atoms with E-state index in [9.17, 15) is 0 Å². The molecular formula is C51H37N. The molecule has 1 heteroatoms. The van der Waals surface area contributed by atoms with E-state index in [1.165, 1.54) is 82.5 Å². The van der Waals surface area contributed by atoms with Crippen LogP contribution in [0.15, 0.2) is 188 Å². The fourth-order valence-corrected chi connectivity index (χ4v) is 8.66. The molecule has 0 N–H and O–H groups in total. The molecule has 1 nitrogen and oxygen atoms in total. The second kappa shape index (κ2) is 11.8. The molecule has 1 aliphatic carbocycles. The average molecular weight is 664 g/mol. The summed E-state index contributed by atoms with van der Waals surface area (Å²) in [5.74, 6) is 0. The van der Waals surface area contributed by atoms with Crippen molar-refractivity contribution in [3.05, 3.63) is 199 Å². The predicted octanol–water partition coefficient (Wildman–Crippen LogP) is 14.3. The van der Waals surface area contributed by atoms with Crippen molar-refractivity contribution in [1.29, 1.82) is 0 Å². The maximum atomic E-state index is 2.47. The quantitative estimate of drug-likeness (QED) is 0.166. The third-order valence-electron chi connectivity index (χ3n) is 11.3. The van der Waals surface area contributed by atoms with Gasteiger partial charge >= 0.3 is 0 Å². The number of hydrogen-bond donors (Lipinski definition) is 0. The molecule has 9 aromatic carbocycles. The molecule has 246 valence electrons. The smallest absolute Gasteiger partial charge is 0.0543 e. The summed E-state index contributed by atoms with van der Waals surface area (Å²) in [6.45, 7) is 4.71. The molecule has 0 saturated carbocycles. The number of benzene rings is 9. The van der Waals surface area contributed by atoms with Crippen molar-refractivity contribution in [1.82, 2.24) is 0 Å². The molecule has 0 spiro atoms. The van der Waals surface area contributed by atoms with Gasteiger partial charge in [-0.2, -0.15) is 0 Å². The topological polar surface area (TPSA) is 3.24 Å². The van der Waals surface area contributed by atoms with Crippen LogP contribution < -0.4 is 4.90 Å². The first-order valence-corrected chi connectivity index (χ1v) is 18.2. The lowest BCUT2D eigenvalue weighted by Crippen LogP contribution is -2.16. The Morgan fingerprint density at radius 1 is 0.365 bits per heavy atom. The van der Waals surface area contributed by atoms with Crippen LogP contribution in [0.2, 0.25) is 0 Å². The monoisotopic (exact) mass is 663 g/mol. The Labute approximate surface area is 305 Å². The Kier molecular flexibility index (Phi) is 6.91. The van der Waals surface area contributed by atoms with Gasteiger partial charge in [0.15, 0.2) is 0 Å². The van der Waals surface area contributed by atoms with Gasteiger partial charge in [-0.05, 0) is 96.0 Å². The Balaban J connectivity index is 1.15. The largest absolute Gasteiger partial charge is 0.309 e. The summed E-state index contributed by atoms with van der Waals surface area (Å²) < 4.78 is 0. The van der Waals surface area contributed by atoms with Crippen LogP contribution in [0.4, 0.5) is 17.1 Å². The zero-order valence-electron chi connectivity index (χ0n) is 29.3. The number of fused-ring (bicyclic) bond motifs is 8. The van der Waals surface area contributed by atoms with Gasteiger partial charge in [-0.25, -0.2) is 0 Å². The molecule has 0 aromatic heterocycles. The van der Waals surface area contributed by atoms with Crippen LogP contribution in [0.25, 0.3) is 65.7 Å². The van der Waals surface area contributed by atoms with Crippen molar-refractivity contribution in [2.45, 2.75) is 19.3 Å². The van der Waals surface area contributed by atoms with E-state index in [1.54, 1.807) is 0 Å². The minimum absolute atomic E-state index is 0.0943. The second-order valence-electron chi connectivity index (χ2n) is 14.5. The van der Waals surface area contributed by atoms with E-state index in [0.29, 0.717) is 0 Å². The van der Waals surface area contributed by atoms with Crippen LogP contribution in [0, 0.1) is 0 Å². The normalized spacial score (nSPS) is 13.0. The summed E-state index contributed by atoms with van der Waals surface area (Å²) in [5.41, 5.74) is 13.5.